The van der Waals surface area contributed by atoms with E-state index in [0.717, 1.165) is 0 Å². The SMILES string of the molecule is CCC(=O)c1cc(C(O)C(O)C#N)ccc1O. The van der Waals surface area contributed by atoms with Gasteiger partial charge in [-0.3, -0.25) is 4.79 Å². The summed E-state index contributed by atoms with van der Waals surface area (Å²) >= 11 is 0. The number of rotatable bonds is 4. The number of nitriles is 1. The largest absolute Gasteiger partial charge is 0.507 e. The molecule has 5 nitrogen and oxygen atoms in total. The highest BCUT2D eigenvalue weighted by Crippen LogP contribution is 2.25. The smallest absolute Gasteiger partial charge is 0.170 e. The number of Topliss-reactive ketones (excluding diaryl/α,β-unsaturated/α-hetero) is 1. The molecule has 2 unspecified atom stereocenters. The lowest BCUT2D eigenvalue weighted by atomic mass is 9.99. The van der Waals surface area contributed by atoms with Gasteiger partial charge in [0.2, 0.25) is 0 Å². The van der Waals surface area contributed by atoms with Crippen molar-refractivity contribution in [2.24, 2.45) is 0 Å². The number of benzene rings is 1. The van der Waals surface area contributed by atoms with Crippen molar-refractivity contribution >= 4 is 5.78 Å². The quantitative estimate of drug-likeness (QED) is 0.531. The van der Waals surface area contributed by atoms with Crippen LogP contribution in [0.15, 0.2) is 18.2 Å². The number of phenolic OH excluding ortho intramolecular Hbond substituents is 1. The van der Waals surface area contributed by atoms with E-state index in [1.54, 1.807) is 6.92 Å². The van der Waals surface area contributed by atoms with Crippen LogP contribution >= 0.6 is 0 Å². The van der Waals surface area contributed by atoms with Gasteiger partial charge in [-0.2, -0.15) is 5.26 Å². The van der Waals surface area contributed by atoms with E-state index in [1.165, 1.54) is 24.3 Å². The Kier molecular flexibility index (Phi) is 4.21. The van der Waals surface area contributed by atoms with Gasteiger partial charge in [-0.15, -0.1) is 0 Å². The summed E-state index contributed by atoms with van der Waals surface area (Å²) in [4.78, 5) is 11.5. The van der Waals surface area contributed by atoms with E-state index in [9.17, 15) is 20.1 Å². The summed E-state index contributed by atoms with van der Waals surface area (Å²) in [7, 11) is 0. The van der Waals surface area contributed by atoms with Crippen LogP contribution in [0.4, 0.5) is 0 Å². The fourth-order valence-corrected chi connectivity index (χ4v) is 1.40. The normalized spacial score (nSPS) is 13.8. The van der Waals surface area contributed by atoms with E-state index < -0.39 is 12.2 Å². The molecule has 0 radical (unpaired) electrons. The van der Waals surface area contributed by atoms with Gasteiger partial charge in [-0.1, -0.05) is 13.0 Å². The van der Waals surface area contributed by atoms with Crippen LogP contribution in [-0.2, 0) is 0 Å². The minimum absolute atomic E-state index is 0.0780. The van der Waals surface area contributed by atoms with Gasteiger partial charge >= 0.3 is 0 Å². The molecule has 0 aromatic heterocycles. The maximum absolute atomic E-state index is 11.5. The molecular formula is C12H13NO4. The molecule has 1 rings (SSSR count). The molecule has 0 saturated heterocycles. The van der Waals surface area contributed by atoms with Crippen LogP contribution in [0.3, 0.4) is 0 Å². The highest BCUT2D eigenvalue weighted by Gasteiger charge is 2.20. The number of aliphatic hydroxyl groups excluding tert-OH is 2. The summed E-state index contributed by atoms with van der Waals surface area (Å²) < 4.78 is 0. The molecule has 3 N–H and O–H groups in total. The van der Waals surface area contributed by atoms with E-state index >= 15 is 0 Å². The minimum atomic E-state index is -1.57. The fraction of sp³-hybridized carbons (Fsp3) is 0.333. The van der Waals surface area contributed by atoms with Gasteiger partial charge in [0.1, 0.15) is 11.9 Å². The van der Waals surface area contributed by atoms with Crippen LogP contribution in [0, 0.1) is 11.3 Å². The second kappa shape index (κ2) is 5.43. The lowest BCUT2D eigenvalue weighted by Crippen LogP contribution is -2.16. The molecule has 0 aliphatic heterocycles. The summed E-state index contributed by atoms with van der Waals surface area (Å²) in [6, 6.07) is 5.39. The molecule has 0 heterocycles. The molecular weight excluding hydrogens is 222 g/mol. The molecule has 0 spiro atoms. The maximum atomic E-state index is 11.5. The Morgan fingerprint density at radius 2 is 2.12 bits per heavy atom. The van der Waals surface area contributed by atoms with Crippen molar-refractivity contribution in [3.05, 3.63) is 29.3 Å². The Morgan fingerprint density at radius 3 is 2.65 bits per heavy atom. The minimum Gasteiger partial charge on any atom is -0.507 e. The van der Waals surface area contributed by atoms with E-state index in [2.05, 4.69) is 0 Å². The molecule has 5 heteroatoms. The number of nitrogens with zero attached hydrogens (tertiary/aromatic N) is 1. The predicted molar refractivity (Wildman–Crippen MR) is 59.3 cm³/mol. The first-order valence-corrected chi connectivity index (χ1v) is 5.13. The zero-order valence-corrected chi connectivity index (χ0v) is 9.29. The van der Waals surface area contributed by atoms with E-state index in [-0.39, 0.29) is 29.1 Å². The van der Waals surface area contributed by atoms with Gasteiger partial charge < -0.3 is 15.3 Å². The zero-order valence-electron chi connectivity index (χ0n) is 9.29. The Bertz CT molecular complexity index is 464. The van der Waals surface area contributed by atoms with Crippen molar-refractivity contribution in [1.29, 1.82) is 5.26 Å². The van der Waals surface area contributed by atoms with Gasteiger partial charge in [0.25, 0.3) is 0 Å². The number of phenols is 1. The van der Waals surface area contributed by atoms with Crippen molar-refractivity contribution in [3.8, 4) is 11.8 Å². The molecule has 1 aromatic carbocycles. The molecule has 17 heavy (non-hydrogen) atoms. The van der Waals surface area contributed by atoms with Crippen molar-refractivity contribution in [2.75, 3.05) is 0 Å². The third-order valence-corrected chi connectivity index (χ3v) is 2.41. The van der Waals surface area contributed by atoms with Gasteiger partial charge in [0.05, 0.1) is 11.6 Å². The van der Waals surface area contributed by atoms with E-state index in [1.807, 2.05) is 0 Å². The van der Waals surface area contributed by atoms with Crippen LogP contribution in [0.2, 0.25) is 0 Å². The topological polar surface area (TPSA) is 102 Å². The lowest BCUT2D eigenvalue weighted by molar-refractivity contribution is 0.0527. The van der Waals surface area contributed by atoms with Gasteiger partial charge in [0.15, 0.2) is 11.9 Å². The van der Waals surface area contributed by atoms with Crippen molar-refractivity contribution in [2.45, 2.75) is 25.6 Å². The average molecular weight is 235 g/mol. The van der Waals surface area contributed by atoms with Crippen molar-refractivity contribution < 1.29 is 20.1 Å². The average Bonchev–Trinajstić information content (AvgIpc) is 2.36. The van der Waals surface area contributed by atoms with Crippen LogP contribution in [0.25, 0.3) is 0 Å². The number of aliphatic hydroxyl groups is 2. The summed E-state index contributed by atoms with van der Waals surface area (Å²) in [5.74, 6) is -0.456. The molecule has 0 saturated carbocycles. The van der Waals surface area contributed by atoms with Gasteiger partial charge in [-0.25, -0.2) is 0 Å². The Labute approximate surface area is 98.6 Å². The third kappa shape index (κ3) is 2.81. The molecule has 0 bridgehead atoms. The van der Waals surface area contributed by atoms with E-state index in [0.29, 0.717) is 0 Å². The number of carbonyl (C=O) groups excluding carboxylic acids is 1. The highest BCUT2D eigenvalue weighted by molar-refractivity contribution is 5.98. The van der Waals surface area contributed by atoms with Crippen LogP contribution < -0.4 is 0 Å². The number of carbonyl (C=O) groups is 1. The fourth-order valence-electron chi connectivity index (χ4n) is 1.40. The monoisotopic (exact) mass is 235 g/mol. The first kappa shape index (κ1) is 13.2. The number of hydrogen-bond donors (Lipinski definition) is 3. The first-order valence-electron chi connectivity index (χ1n) is 5.13. The zero-order chi connectivity index (χ0) is 13.0. The summed E-state index contributed by atoms with van der Waals surface area (Å²) in [6.07, 6.45) is -2.75. The molecule has 0 amide bonds. The first-order chi connectivity index (χ1) is 8.01. The number of aromatic hydroxyl groups is 1. The predicted octanol–water partition coefficient (Wildman–Crippen LogP) is 0.903. The Morgan fingerprint density at radius 1 is 1.47 bits per heavy atom. The molecule has 0 aliphatic carbocycles. The van der Waals surface area contributed by atoms with Crippen LogP contribution in [-0.4, -0.2) is 27.2 Å². The summed E-state index contributed by atoms with van der Waals surface area (Å²) in [5.41, 5.74) is 0.294. The molecule has 0 aliphatic rings. The lowest BCUT2D eigenvalue weighted by Gasteiger charge is -2.13. The molecule has 1 aromatic rings. The Balaban J connectivity index is 3.13. The second-order valence-corrected chi connectivity index (χ2v) is 3.57. The maximum Gasteiger partial charge on any atom is 0.170 e. The summed E-state index contributed by atoms with van der Waals surface area (Å²) in [6.45, 7) is 1.65. The standard InChI is InChI=1S/C12H13NO4/c1-2-9(14)8-5-7(3-4-10(8)15)12(17)11(16)6-13/h3-5,11-12,15-17H,2H2,1H3. The highest BCUT2D eigenvalue weighted by atomic mass is 16.3. The summed E-state index contributed by atoms with van der Waals surface area (Å²) in [5, 5.41) is 36.7. The molecule has 90 valence electrons. The van der Waals surface area contributed by atoms with Gasteiger partial charge in [-0.05, 0) is 17.7 Å². The molecule has 2 atom stereocenters. The third-order valence-electron chi connectivity index (χ3n) is 2.41. The Hall–Kier alpha value is -1.90. The van der Waals surface area contributed by atoms with Gasteiger partial charge in [0, 0.05) is 6.42 Å². The van der Waals surface area contributed by atoms with Crippen LogP contribution in [0.1, 0.15) is 35.4 Å². The number of hydrogen-bond acceptors (Lipinski definition) is 5. The van der Waals surface area contributed by atoms with Crippen molar-refractivity contribution in [1.82, 2.24) is 0 Å². The van der Waals surface area contributed by atoms with Crippen molar-refractivity contribution in [3.63, 3.8) is 0 Å². The van der Waals surface area contributed by atoms with Crippen LogP contribution in [0.5, 0.6) is 5.75 Å². The van der Waals surface area contributed by atoms with E-state index in [4.69, 9.17) is 5.26 Å². The second-order valence-electron chi connectivity index (χ2n) is 3.57. The molecule has 0 fully saturated rings. The number of ketones is 1.